The van der Waals surface area contributed by atoms with Gasteiger partial charge < -0.3 is 9.84 Å². The van der Waals surface area contributed by atoms with E-state index in [1.54, 1.807) is 19.1 Å². The zero-order chi connectivity index (χ0) is 19.4. The third-order valence-electron chi connectivity index (χ3n) is 5.06. The third-order valence-corrected chi connectivity index (χ3v) is 5.06. The molecule has 0 aromatic carbocycles. The van der Waals surface area contributed by atoms with Crippen molar-refractivity contribution in [3.8, 4) is 0 Å². The van der Waals surface area contributed by atoms with Gasteiger partial charge in [-0.15, -0.1) is 0 Å². The van der Waals surface area contributed by atoms with Gasteiger partial charge >= 0.3 is 0 Å². The molecule has 2 amide bonds. The van der Waals surface area contributed by atoms with Crippen molar-refractivity contribution in [2.24, 2.45) is 9.98 Å². The van der Waals surface area contributed by atoms with Gasteiger partial charge in [-0.3, -0.25) is 9.59 Å². The van der Waals surface area contributed by atoms with E-state index in [9.17, 15) is 9.59 Å². The summed E-state index contributed by atoms with van der Waals surface area (Å²) >= 11 is 0. The van der Waals surface area contributed by atoms with E-state index in [1.165, 1.54) is 4.68 Å². The Balaban J connectivity index is 1.46. The smallest absolute Gasteiger partial charge is 0.281 e. The highest BCUT2D eigenvalue weighted by Gasteiger charge is 2.31. The predicted molar refractivity (Wildman–Crippen MR) is 101 cm³/mol. The average Bonchev–Trinajstić information content (AvgIpc) is 3.61. The summed E-state index contributed by atoms with van der Waals surface area (Å²) in [7, 11) is 0. The summed E-state index contributed by atoms with van der Waals surface area (Å²) < 4.78 is 6.64. The summed E-state index contributed by atoms with van der Waals surface area (Å²) in [6.07, 6.45) is 4.21. The van der Waals surface area contributed by atoms with E-state index >= 15 is 0 Å². The second-order valence-electron chi connectivity index (χ2n) is 7.38. The summed E-state index contributed by atoms with van der Waals surface area (Å²) in [6.45, 7) is 5.36. The van der Waals surface area contributed by atoms with Crippen LogP contribution >= 0.6 is 0 Å². The van der Waals surface area contributed by atoms with E-state index in [0.717, 1.165) is 37.1 Å². The standard InChI is InChI=1S/C19H18N6O3/c1-9-10(2)20-19(22-17(9)26)25-16(8-13(23-25)11-3-4-11)21-18(27)14-7-15(28-24-14)12-5-6-12/h7-8,11-12H,1,3-6H2,2H3,(H,21,27). The molecule has 0 spiro atoms. The van der Waals surface area contributed by atoms with Crippen LogP contribution in [0.5, 0.6) is 0 Å². The summed E-state index contributed by atoms with van der Waals surface area (Å²) in [5, 5.41) is 11.2. The second kappa shape index (κ2) is 6.08. The van der Waals surface area contributed by atoms with Crippen LogP contribution in [0.25, 0.3) is 0 Å². The number of nitrogens with one attached hydrogen (secondary N) is 1. The van der Waals surface area contributed by atoms with Gasteiger partial charge in [-0.25, -0.2) is 4.99 Å². The normalized spacial score (nSPS) is 19.5. The van der Waals surface area contributed by atoms with Crippen LogP contribution in [0.2, 0.25) is 0 Å². The Labute approximate surface area is 160 Å². The molecule has 9 heteroatoms. The summed E-state index contributed by atoms with van der Waals surface area (Å²) in [5.41, 5.74) is 1.76. The Hall–Kier alpha value is -3.36. The Morgan fingerprint density at radius 3 is 2.64 bits per heavy atom. The lowest BCUT2D eigenvalue weighted by atomic mass is 10.2. The number of aromatic nitrogens is 3. The molecule has 1 aliphatic heterocycles. The maximum absolute atomic E-state index is 12.6. The zero-order valence-electron chi connectivity index (χ0n) is 15.3. The van der Waals surface area contributed by atoms with Gasteiger partial charge in [-0.1, -0.05) is 11.7 Å². The van der Waals surface area contributed by atoms with Crippen LogP contribution in [-0.2, 0) is 4.79 Å². The van der Waals surface area contributed by atoms with Gasteiger partial charge in [0.25, 0.3) is 17.8 Å². The van der Waals surface area contributed by atoms with E-state index in [2.05, 4.69) is 32.1 Å². The Kier molecular flexibility index (Phi) is 3.65. The van der Waals surface area contributed by atoms with Crippen LogP contribution in [0.3, 0.4) is 0 Å². The summed E-state index contributed by atoms with van der Waals surface area (Å²) in [6, 6.07) is 3.46. The molecule has 1 N–H and O–H groups in total. The van der Waals surface area contributed by atoms with Crippen molar-refractivity contribution in [2.45, 2.75) is 44.4 Å². The molecule has 0 bridgehead atoms. The van der Waals surface area contributed by atoms with Gasteiger partial charge in [0.2, 0.25) is 0 Å². The van der Waals surface area contributed by atoms with Gasteiger partial charge in [0.05, 0.1) is 17.0 Å². The molecule has 0 unspecified atom stereocenters. The fourth-order valence-corrected chi connectivity index (χ4v) is 3.01. The molecular weight excluding hydrogens is 360 g/mol. The molecule has 3 heterocycles. The number of nitrogens with zero attached hydrogens (tertiary/aromatic N) is 5. The number of carbonyl (C=O) groups excluding carboxylic acids is 2. The lowest BCUT2D eigenvalue weighted by Crippen LogP contribution is -2.25. The minimum atomic E-state index is -0.464. The molecule has 2 saturated carbocycles. The van der Waals surface area contributed by atoms with Crippen LogP contribution in [0.1, 0.15) is 66.4 Å². The minimum absolute atomic E-state index is 0.107. The van der Waals surface area contributed by atoms with Crippen molar-refractivity contribution in [2.75, 3.05) is 5.32 Å². The first-order valence-electron chi connectivity index (χ1n) is 9.25. The predicted octanol–water partition coefficient (Wildman–Crippen LogP) is 2.64. The molecule has 3 aliphatic rings. The van der Waals surface area contributed by atoms with Crippen LogP contribution < -0.4 is 5.32 Å². The van der Waals surface area contributed by atoms with Crippen LogP contribution in [0.4, 0.5) is 5.82 Å². The molecule has 0 saturated heterocycles. The van der Waals surface area contributed by atoms with Gasteiger partial charge in [-0.2, -0.15) is 14.8 Å². The summed E-state index contributed by atoms with van der Waals surface area (Å²) in [4.78, 5) is 33.0. The van der Waals surface area contributed by atoms with Crippen LogP contribution in [0.15, 0.2) is 38.8 Å². The molecular formula is C19H18N6O3. The molecule has 9 nitrogen and oxygen atoms in total. The fourth-order valence-electron chi connectivity index (χ4n) is 3.01. The molecule has 28 heavy (non-hydrogen) atoms. The molecule has 2 fully saturated rings. The number of amides is 2. The van der Waals surface area contributed by atoms with Crippen LogP contribution in [-0.4, -0.2) is 38.4 Å². The number of rotatable bonds is 4. The molecule has 2 aromatic rings. The van der Waals surface area contributed by atoms with E-state index in [-0.39, 0.29) is 17.2 Å². The maximum Gasteiger partial charge on any atom is 0.281 e. The minimum Gasteiger partial charge on any atom is -0.360 e. The highest BCUT2D eigenvalue weighted by atomic mass is 16.5. The van der Waals surface area contributed by atoms with E-state index in [4.69, 9.17) is 4.52 Å². The summed E-state index contributed by atoms with van der Waals surface area (Å²) in [5.74, 6) is 1.08. The quantitative estimate of drug-likeness (QED) is 0.821. The number of carbonyl (C=O) groups is 2. The van der Waals surface area contributed by atoms with Gasteiger partial charge in [-0.05, 0) is 32.6 Å². The molecule has 0 radical (unpaired) electrons. The van der Waals surface area contributed by atoms with Gasteiger partial charge in [0, 0.05) is 24.0 Å². The Morgan fingerprint density at radius 2 is 1.96 bits per heavy atom. The first-order valence-corrected chi connectivity index (χ1v) is 9.25. The number of anilines is 1. The van der Waals surface area contributed by atoms with E-state index < -0.39 is 11.8 Å². The van der Waals surface area contributed by atoms with Crippen molar-refractivity contribution in [1.29, 1.82) is 0 Å². The second-order valence-corrected chi connectivity index (χ2v) is 7.38. The largest absolute Gasteiger partial charge is 0.360 e. The fraction of sp³-hybridized carbons (Fsp3) is 0.368. The number of hydrogen-bond donors (Lipinski definition) is 1. The Morgan fingerprint density at radius 1 is 1.21 bits per heavy atom. The van der Waals surface area contributed by atoms with Crippen molar-refractivity contribution >= 4 is 29.3 Å². The number of hydrogen-bond acceptors (Lipinski definition) is 6. The van der Waals surface area contributed by atoms with Crippen molar-refractivity contribution in [3.05, 3.63) is 41.4 Å². The first kappa shape index (κ1) is 16.8. The van der Waals surface area contributed by atoms with E-state index in [1.807, 2.05) is 0 Å². The van der Waals surface area contributed by atoms with Gasteiger partial charge in [0.1, 0.15) is 11.6 Å². The number of aliphatic imine (C=N–C) groups is 2. The molecule has 2 aliphatic carbocycles. The maximum atomic E-state index is 12.6. The average molecular weight is 378 g/mol. The topological polar surface area (TPSA) is 115 Å². The highest BCUT2D eigenvalue weighted by Crippen LogP contribution is 2.41. The van der Waals surface area contributed by atoms with Gasteiger partial charge in [0.15, 0.2) is 5.69 Å². The lowest BCUT2D eigenvalue weighted by Gasteiger charge is -2.12. The molecule has 5 rings (SSSR count). The van der Waals surface area contributed by atoms with E-state index in [0.29, 0.717) is 23.4 Å². The molecule has 2 aromatic heterocycles. The van der Waals surface area contributed by atoms with Crippen molar-refractivity contribution in [3.63, 3.8) is 0 Å². The zero-order valence-corrected chi connectivity index (χ0v) is 15.3. The third kappa shape index (κ3) is 2.98. The molecule has 142 valence electrons. The van der Waals surface area contributed by atoms with Crippen molar-refractivity contribution < 1.29 is 14.1 Å². The lowest BCUT2D eigenvalue weighted by molar-refractivity contribution is -0.113. The van der Waals surface area contributed by atoms with Crippen LogP contribution in [0, 0.1) is 0 Å². The highest BCUT2D eigenvalue weighted by molar-refractivity contribution is 6.28. The monoisotopic (exact) mass is 378 g/mol. The SMILES string of the molecule is C=C1C(=O)N=C(n2nc(C3CC3)cc2NC(=O)c2cc(C3CC3)on2)N=C1C. The molecule has 0 atom stereocenters. The Bertz CT molecular complexity index is 1080. The van der Waals surface area contributed by atoms with Crippen molar-refractivity contribution in [1.82, 2.24) is 14.9 Å². The first-order chi connectivity index (χ1) is 13.5.